The van der Waals surface area contributed by atoms with E-state index in [-0.39, 0.29) is 17.5 Å². The van der Waals surface area contributed by atoms with Gasteiger partial charge >= 0.3 is 0 Å². The Labute approximate surface area is 105 Å². The molecule has 0 saturated heterocycles. The Kier molecular flexibility index (Phi) is 4.08. The summed E-state index contributed by atoms with van der Waals surface area (Å²) >= 11 is 0. The molecule has 1 unspecified atom stereocenters. The summed E-state index contributed by atoms with van der Waals surface area (Å²) in [6, 6.07) is 0. The van der Waals surface area contributed by atoms with Crippen molar-refractivity contribution in [2.75, 3.05) is 0 Å². The van der Waals surface area contributed by atoms with Crippen LogP contribution >= 0.6 is 0 Å². The van der Waals surface area contributed by atoms with Gasteiger partial charge in [0.1, 0.15) is 11.5 Å². The third-order valence-electron chi connectivity index (χ3n) is 3.47. The summed E-state index contributed by atoms with van der Waals surface area (Å²) in [4.78, 5) is 0. The minimum atomic E-state index is -1.81. The quantitative estimate of drug-likeness (QED) is 0.533. The van der Waals surface area contributed by atoms with E-state index < -0.39 is 34.6 Å². The van der Waals surface area contributed by atoms with Crippen LogP contribution in [0, 0.1) is 31.3 Å². The number of hydrogen-bond acceptors (Lipinski definition) is 0. The van der Waals surface area contributed by atoms with Crippen LogP contribution in [-0.2, 0) is 0 Å². The van der Waals surface area contributed by atoms with Crippen molar-refractivity contribution in [3.8, 4) is 0 Å². The molecule has 18 heavy (non-hydrogen) atoms. The normalized spacial score (nSPS) is 13.8. The topological polar surface area (TPSA) is 0 Å². The third-order valence-corrected chi connectivity index (χ3v) is 3.47. The zero-order valence-electron chi connectivity index (χ0n) is 11.3. The van der Waals surface area contributed by atoms with Gasteiger partial charge in [-0.3, -0.25) is 0 Å². The fourth-order valence-electron chi connectivity index (χ4n) is 2.25. The molecule has 0 aliphatic heterocycles. The van der Waals surface area contributed by atoms with Gasteiger partial charge in [0.2, 0.25) is 0 Å². The molecule has 0 amide bonds. The van der Waals surface area contributed by atoms with Crippen LogP contribution in [-0.4, -0.2) is 5.67 Å². The SMILES string of the molecule is CCC(c1c(F)c(C)c(C)c(F)c1F)C(C)(C)F. The first-order valence-corrected chi connectivity index (χ1v) is 5.95. The highest BCUT2D eigenvalue weighted by Gasteiger charge is 2.35. The van der Waals surface area contributed by atoms with Gasteiger partial charge in [-0.1, -0.05) is 6.92 Å². The molecule has 0 aromatic heterocycles. The lowest BCUT2D eigenvalue weighted by Gasteiger charge is -2.28. The molecule has 0 radical (unpaired) electrons. The monoisotopic (exact) mass is 262 g/mol. The number of benzene rings is 1. The van der Waals surface area contributed by atoms with Gasteiger partial charge in [-0.2, -0.15) is 0 Å². The number of halogens is 4. The smallest absolute Gasteiger partial charge is 0.165 e. The highest BCUT2D eigenvalue weighted by molar-refractivity contribution is 5.37. The van der Waals surface area contributed by atoms with Gasteiger partial charge in [-0.05, 0) is 45.2 Å². The van der Waals surface area contributed by atoms with Crippen LogP contribution in [0.25, 0.3) is 0 Å². The second kappa shape index (κ2) is 4.90. The molecule has 0 aliphatic rings. The molecule has 0 N–H and O–H groups in total. The first-order valence-electron chi connectivity index (χ1n) is 5.95. The van der Waals surface area contributed by atoms with E-state index in [1.54, 1.807) is 6.92 Å². The summed E-state index contributed by atoms with van der Waals surface area (Å²) in [5.41, 5.74) is -2.33. The van der Waals surface area contributed by atoms with Crippen molar-refractivity contribution < 1.29 is 17.6 Å². The lowest BCUT2D eigenvalue weighted by atomic mass is 9.82. The first-order chi connectivity index (χ1) is 8.12. The number of alkyl halides is 1. The maximum Gasteiger partial charge on any atom is 0.165 e. The number of rotatable bonds is 3. The second-order valence-electron chi connectivity index (χ2n) is 5.13. The average molecular weight is 262 g/mol. The van der Waals surface area contributed by atoms with Gasteiger partial charge in [0.25, 0.3) is 0 Å². The molecule has 0 bridgehead atoms. The van der Waals surface area contributed by atoms with Crippen molar-refractivity contribution in [2.24, 2.45) is 0 Å². The van der Waals surface area contributed by atoms with Crippen molar-refractivity contribution in [1.82, 2.24) is 0 Å². The van der Waals surface area contributed by atoms with E-state index in [1.165, 1.54) is 27.7 Å². The van der Waals surface area contributed by atoms with Crippen LogP contribution in [0.3, 0.4) is 0 Å². The molecule has 1 atom stereocenters. The predicted octanol–water partition coefficient (Wildman–Crippen LogP) is 4.96. The molecule has 0 nitrogen and oxygen atoms in total. The minimum absolute atomic E-state index is 0.0339. The molecule has 0 heterocycles. The number of hydrogen-bond donors (Lipinski definition) is 0. The van der Waals surface area contributed by atoms with E-state index >= 15 is 0 Å². The van der Waals surface area contributed by atoms with Crippen LogP contribution in [0.5, 0.6) is 0 Å². The Balaban J connectivity index is 3.59. The maximum atomic E-state index is 14.1. The summed E-state index contributed by atoms with van der Waals surface area (Å²) in [5.74, 6) is -4.21. The van der Waals surface area contributed by atoms with Gasteiger partial charge in [0.05, 0.1) is 0 Å². The molecule has 102 valence electrons. The van der Waals surface area contributed by atoms with Gasteiger partial charge < -0.3 is 0 Å². The van der Waals surface area contributed by atoms with Crippen molar-refractivity contribution in [3.63, 3.8) is 0 Å². The highest BCUT2D eigenvalue weighted by atomic mass is 19.2. The van der Waals surface area contributed by atoms with E-state index in [9.17, 15) is 17.6 Å². The van der Waals surface area contributed by atoms with Crippen molar-refractivity contribution in [2.45, 2.75) is 52.6 Å². The molecule has 0 saturated carbocycles. The molecule has 0 spiro atoms. The first kappa shape index (κ1) is 15.0. The standard InChI is InChI=1S/C14H18F4/c1-6-9(14(4,5)18)10-11(15)7(2)8(3)12(16)13(10)17/h9H,6H2,1-5H3. The predicted molar refractivity (Wildman–Crippen MR) is 64.0 cm³/mol. The molecular weight excluding hydrogens is 244 g/mol. The summed E-state index contributed by atoms with van der Waals surface area (Å²) in [7, 11) is 0. The summed E-state index contributed by atoms with van der Waals surface area (Å²) < 4.78 is 55.6. The molecule has 1 aromatic rings. The molecule has 1 rings (SSSR count). The molecule has 1 aromatic carbocycles. The Morgan fingerprint density at radius 3 is 1.78 bits per heavy atom. The lowest BCUT2D eigenvalue weighted by molar-refractivity contribution is 0.161. The van der Waals surface area contributed by atoms with Crippen LogP contribution in [0.2, 0.25) is 0 Å². The summed E-state index contributed by atoms with van der Waals surface area (Å²) in [5, 5.41) is 0. The minimum Gasteiger partial charge on any atom is -0.244 e. The Bertz CT molecular complexity index is 429. The van der Waals surface area contributed by atoms with Crippen LogP contribution in [0.4, 0.5) is 17.6 Å². The van der Waals surface area contributed by atoms with Crippen molar-refractivity contribution >= 4 is 0 Å². The van der Waals surface area contributed by atoms with Gasteiger partial charge in [0.15, 0.2) is 11.6 Å². The van der Waals surface area contributed by atoms with Crippen LogP contribution in [0.1, 0.15) is 49.8 Å². The zero-order valence-corrected chi connectivity index (χ0v) is 11.3. The third kappa shape index (κ3) is 2.38. The van der Waals surface area contributed by atoms with E-state index in [4.69, 9.17) is 0 Å². The lowest BCUT2D eigenvalue weighted by Crippen LogP contribution is -2.26. The van der Waals surface area contributed by atoms with Crippen LogP contribution < -0.4 is 0 Å². The summed E-state index contributed by atoms with van der Waals surface area (Å²) in [6.07, 6.45) is 0.194. The van der Waals surface area contributed by atoms with Gasteiger partial charge in [-0.25, -0.2) is 17.6 Å². The molecule has 0 fully saturated rings. The Morgan fingerprint density at radius 1 is 0.944 bits per heavy atom. The summed E-state index contributed by atoms with van der Waals surface area (Å²) in [6.45, 7) is 6.79. The van der Waals surface area contributed by atoms with Crippen molar-refractivity contribution in [3.05, 3.63) is 34.1 Å². The Morgan fingerprint density at radius 2 is 1.39 bits per heavy atom. The van der Waals surface area contributed by atoms with E-state index in [2.05, 4.69) is 0 Å². The fourth-order valence-corrected chi connectivity index (χ4v) is 2.25. The molecule has 4 heteroatoms. The fraction of sp³-hybridized carbons (Fsp3) is 0.571. The molecule has 0 aliphatic carbocycles. The molecular formula is C14H18F4. The van der Waals surface area contributed by atoms with Gasteiger partial charge in [0, 0.05) is 11.5 Å². The Hall–Kier alpha value is -1.06. The second-order valence-corrected chi connectivity index (χ2v) is 5.13. The van der Waals surface area contributed by atoms with E-state index in [0.717, 1.165) is 0 Å². The van der Waals surface area contributed by atoms with Gasteiger partial charge in [-0.15, -0.1) is 0 Å². The maximum absolute atomic E-state index is 14.1. The zero-order chi connectivity index (χ0) is 14.2. The van der Waals surface area contributed by atoms with Crippen molar-refractivity contribution in [1.29, 1.82) is 0 Å². The van der Waals surface area contributed by atoms with E-state index in [0.29, 0.717) is 0 Å². The largest absolute Gasteiger partial charge is 0.244 e. The highest BCUT2D eigenvalue weighted by Crippen LogP contribution is 2.39. The van der Waals surface area contributed by atoms with Crippen LogP contribution in [0.15, 0.2) is 0 Å². The van der Waals surface area contributed by atoms with E-state index in [1.807, 2.05) is 0 Å². The average Bonchev–Trinajstić information content (AvgIpc) is 2.27.